The maximum atomic E-state index is 12.7. The first kappa shape index (κ1) is 13.2. The van der Waals surface area contributed by atoms with Crippen LogP contribution in [-0.4, -0.2) is 29.4 Å². The lowest BCUT2D eigenvalue weighted by molar-refractivity contribution is 0.914. The highest BCUT2D eigenvalue weighted by atomic mass is 35.5. The molecule has 9 heteroatoms. The van der Waals surface area contributed by atoms with E-state index in [4.69, 9.17) is 23.2 Å². The summed E-state index contributed by atoms with van der Waals surface area (Å²) in [5.41, 5.74) is 0.784. The Bertz CT molecular complexity index is 1090. The summed E-state index contributed by atoms with van der Waals surface area (Å²) >= 11 is 12.2. The zero-order valence-corrected chi connectivity index (χ0v) is 12.3. The van der Waals surface area contributed by atoms with Crippen molar-refractivity contribution in [3.63, 3.8) is 0 Å². The molecule has 0 bridgehead atoms. The van der Waals surface area contributed by atoms with Crippen LogP contribution in [0.4, 0.5) is 0 Å². The highest BCUT2D eigenvalue weighted by Crippen LogP contribution is 2.27. The predicted molar refractivity (Wildman–Crippen MR) is 81.7 cm³/mol. The largest absolute Gasteiger partial charge is 0.285 e. The smallest absolute Gasteiger partial charge is 0.281 e. The molecule has 4 rings (SSSR count). The number of benzene rings is 1. The van der Waals surface area contributed by atoms with Gasteiger partial charge in [-0.25, -0.2) is 0 Å². The van der Waals surface area contributed by atoms with E-state index in [9.17, 15) is 4.79 Å². The van der Waals surface area contributed by atoms with E-state index in [1.807, 2.05) is 0 Å². The van der Waals surface area contributed by atoms with E-state index in [0.29, 0.717) is 27.0 Å². The van der Waals surface area contributed by atoms with Gasteiger partial charge in [0.25, 0.3) is 11.3 Å². The summed E-state index contributed by atoms with van der Waals surface area (Å²) in [5.74, 6) is 0.324. The Hall–Kier alpha value is -2.51. The van der Waals surface area contributed by atoms with Gasteiger partial charge in [-0.15, -0.1) is 10.2 Å². The van der Waals surface area contributed by atoms with E-state index < -0.39 is 0 Å². The minimum atomic E-state index is -0.369. The molecule has 7 nitrogen and oxygen atoms in total. The average Bonchev–Trinajstić information content (AvgIpc) is 3.00. The quantitative estimate of drug-likeness (QED) is 0.533. The van der Waals surface area contributed by atoms with Gasteiger partial charge in [-0.2, -0.15) is 14.6 Å². The van der Waals surface area contributed by atoms with E-state index in [1.165, 1.54) is 15.4 Å². The molecule has 3 aromatic heterocycles. The molecule has 1 aromatic carbocycles. The zero-order valence-electron chi connectivity index (χ0n) is 10.8. The van der Waals surface area contributed by atoms with Gasteiger partial charge in [0.2, 0.25) is 0 Å². The van der Waals surface area contributed by atoms with Crippen LogP contribution in [0.3, 0.4) is 0 Å². The lowest BCUT2D eigenvalue weighted by atomic mass is 10.3. The Labute approximate surface area is 132 Å². The Morgan fingerprint density at radius 3 is 2.82 bits per heavy atom. The number of hydrogen-bond donors (Lipinski definition) is 0. The van der Waals surface area contributed by atoms with Gasteiger partial charge in [-0.1, -0.05) is 29.3 Å². The third kappa shape index (κ3) is 1.79. The van der Waals surface area contributed by atoms with Crippen LogP contribution in [0.15, 0.2) is 41.6 Å². The second-order valence-electron chi connectivity index (χ2n) is 4.47. The van der Waals surface area contributed by atoms with E-state index in [1.54, 1.807) is 30.5 Å². The molecule has 0 saturated heterocycles. The number of rotatable bonds is 1. The van der Waals surface area contributed by atoms with Gasteiger partial charge < -0.3 is 0 Å². The van der Waals surface area contributed by atoms with Crippen LogP contribution in [0.25, 0.3) is 22.5 Å². The molecule has 3 heterocycles. The summed E-state index contributed by atoms with van der Waals surface area (Å²) in [6, 6.07) is 6.76. The Kier molecular flexibility index (Phi) is 2.85. The number of nitrogens with zero attached hydrogens (tertiary/aromatic N) is 6. The number of pyridine rings is 1. The molecular formula is C13H6Cl2N6O. The van der Waals surface area contributed by atoms with Gasteiger partial charge in [0, 0.05) is 6.20 Å². The SMILES string of the molecule is O=c1c2nnc3ncnn3c2ccn1-c1cccc(Cl)c1Cl. The van der Waals surface area contributed by atoms with Crippen molar-refractivity contribution >= 4 is 40.0 Å². The second kappa shape index (κ2) is 4.75. The molecule has 108 valence electrons. The van der Waals surface area contributed by atoms with Crippen LogP contribution >= 0.6 is 23.2 Å². The van der Waals surface area contributed by atoms with Gasteiger partial charge in [0.15, 0.2) is 5.52 Å². The van der Waals surface area contributed by atoms with E-state index in [2.05, 4.69) is 20.3 Å². The summed E-state index contributed by atoms with van der Waals surface area (Å²) in [4.78, 5) is 16.6. The van der Waals surface area contributed by atoms with Crippen molar-refractivity contribution in [3.05, 3.63) is 57.2 Å². The van der Waals surface area contributed by atoms with Gasteiger partial charge in [0.05, 0.1) is 15.7 Å². The van der Waals surface area contributed by atoms with Crippen LogP contribution in [0.2, 0.25) is 10.0 Å². The standard InChI is InChI=1S/C13H6Cl2N6O/c14-7-2-1-3-8(10(7)15)20-5-4-9-11(12(20)22)18-19-13-16-6-17-21(9)13/h1-6H. The fourth-order valence-electron chi connectivity index (χ4n) is 2.22. The molecule has 0 fully saturated rings. The first-order valence-corrected chi connectivity index (χ1v) is 6.94. The number of hydrogen-bond acceptors (Lipinski definition) is 5. The molecule has 0 radical (unpaired) electrons. The lowest BCUT2D eigenvalue weighted by Gasteiger charge is -2.09. The van der Waals surface area contributed by atoms with Gasteiger partial charge in [-0.3, -0.25) is 9.36 Å². The summed E-state index contributed by atoms with van der Waals surface area (Å²) in [5, 5.41) is 12.5. The molecule has 0 aliphatic carbocycles. The first-order chi connectivity index (χ1) is 10.7. The van der Waals surface area contributed by atoms with Crippen molar-refractivity contribution in [1.29, 1.82) is 0 Å². The normalized spacial score (nSPS) is 11.4. The lowest BCUT2D eigenvalue weighted by Crippen LogP contribution is -2.20. The average molecular weight is 333 g/mol. The van der Waals surface area contributed by atoms with Gasteiger partial charge >= 0.3 is 0 Å². The van der Waals surface area contributed by atoms with Crippen LogP contribution in [0.1, 0.15) is 0 Å². The Balaban J connectivity index is 2.08. The summed E-state index contributed by atoms with van der Waals surface area (Å²) in [7, 11) is 0. The van der Waals surface area contributed by atoms with E-state index >= 15 is 0 Å². The van der Waals surface area contributed by atoms with Crippen molar-refractivity contribution < 1.29 is 0 Å². The minimum Gasteiger partial charge on any atom is -0.281 e. The molecule has 0 amide bonds. The van der Waals surface area contributed by atoms with Gasteiger partial charge in [-0.05, 0) is 18.2 Å². The van der Waals surface area contributed by atoms with Crippen molar-refractivity contribution in [2.75, 3.05) is 0 Å². The van der Waals surface area contributed by atoms with Crippen LogP contribution in [0.5, 0.6) is 0 Å². The first-order valence-electron chi connectivity index (χ1n) is 6.19. The molecule has 0 spiro atoms. The highest BCUT2D eigenvalue weighted by molar-refractivity contribution is 6.43. The van der Waals surface area contributed by atoms with Gasteiger partial charge in [0.1, 0.15) is 11.8 Å². The maximum Gasteiger partial charge on any atom is 0.285 e. The Morgan fingerprint density at radius 1 is 1.09 bits per heavy atom. The molecule has 4 aromatic rings. The molecule has 0 aliphatic heterocycles. The monoisotopic (exact) mass is 332 g/mol. The number of halogens is 2. The van der Waals surface area contributed by atoms with Crippen molar-refractivity contribution in [3.8, 4) is 5.69 Å². The topological polar surface area (TPSA) is 78.0 Å². The molecular weight excluding hydrogens is 327 g/mol. The summed E-state index contributed by atoms with van der Waals surface area (Å²) in [6.07, 6.45) is 2.94. The zero-order chi connectivity index (χ0) is 15.3. The van der Waals surface area contributed by atoms with E-state index in [0.717, 1.165) is 0 Å². The Morgan fingerprint density at radius 2 is 1.95 bits per heavy atom. The van der Waals surface area contributed by atoms with Crippen LogP contribution in [-0.2, 0) is 0 Å². The molecule has 22 heavy (non-hydrogen) atoms. The van der Waals surface area contributed by atoms with Crippen molar-refractivity contribution in [2.45, 2.75) is 0 Å². The molecule has 0 N–H and O–H groups in total. The van der Waals surface area contributed by atoms with Crippen LogP contribution < -0.4 is 5.56 Å². The van der Waals surface area contributed by atoms with E-state index in [-0.39, 0.29) is 11.1 Å². The summed E-state index contributed by atoms with van der Waals surface area (Å²) in [6.45, 7) is 0. The summed E-state index contributed by atoms with van der Waals surface area (Å²) < 4.78 is 2.82. The fraction of sp³-hybridized carbons (Fsp3) is 0. The molecule has 0 atom stereocenters. The second-order valence-corrected chi connectivity index (χ2v) is 5.25. The minimum absolute atomic E-state index is 0.163. The maximum absolute atomic E-state index is 12.7. The fourth-order valence-corrected chi connectivity index (χ4v) is 2.60. The molecule has 0 unspecified atom stereocenters. The highest BCUT2D eigenvalue weighted by Gasteiger charge is 2.13. The number of fused-ring (bicyclic) bond motifs is 3. The third-order valence-electron chi connectivity index (χ3n) is 3.23. The number of aromatic nitrogens is 6. The molecule has 0 aliphatic rings. The van der Waals surface area contributed by atoms with Crippen molar-refractivity contribution in [2.24, 2.45) is 0 Å². The third-order valence-corrected chi connectivity index (χ3v) is 4.04. The molecule has 0 saturated carbocycles. The predicted octanol–water partition coefficient (Wildman–Crippen LogP) is 2.13. The van der Waals surface area contributed by atoms with Crippen LogP contribution in [0, 0.1) is 0 Å². The van der Waals surface area contributed by atoms with Crippen molar-refractivity contribution in [1.82, 2.24) is 29.4 Å².